The number of rotatable bonds is 5. The minimum atomic E-state index is -0.553. The van der Waals surface area contributed by atoms with E-state index in [0.29, 0.717) is 17.6 Å². The highest BCUT2D eigenvalue weighted by Gasteiger charge is 2.28. The minimum absolute atomic E-state index is 0.0986. The normalized spacial score (nSPS) is 19.0. The number of hydrogen-bond donors (Lipinski definition) is 2. The maximum absolute atomic E-state index is 11.8. The monoisotopic (exact) mass is 321 g/mol. The minimum Gasteiger partial charge on any atom is -0.345 e. The van der Waals surface area contributed by atoms with E-state index in [1.165, 1.54) is 19.3 Å². The van der Waals surface area contributed by atoms with Crippen molar-refractivity contribution >= 4 is 17.8 Å². The molecule has 2 N–H and O–H groups in total. The molecular weight excluding hydrogens is 302 g/mol. The van der Waals surface area contributed by atoms with Gasteiger partial charge in [0.2, 0.25) is 17.7 Å². The van der Waals surface area contributed by atoms with Crippen molar-refractivity contribution in [2.24, 2.45) is 0 Å². The Bertz CT molecular complexity index is 608. The van der Waals surface area contributed by atoms with Crippen molar-refractivity contribution in [2.45, 2.75) is 44.6 Å². The molecule has 23 heavy (non-hydrogen) atoms. The van der Waals surface area contributed by atoms with Gasteiger partial charge in [-0.05, 0) is 12.8 Å². The fraction of sp³-hybridized carbons (Fsp3) is 0.643. The first kappa shape index (κ1) is 15.4. The van der Waals surface area contributed by atoms with Gasteiger partial charge in [-0.2, -0.15) is 4.98 Å². The highest BCUT2D eigenvalue weighted by molar-refractivity contribution is 6.03. The molecule has 0 aromatic carbocycles. The summed E-state index contributed by atoms with van der Waals surface area (Å²) >= 11 is 0. The average molecular weight is 321 g/mol. The number of carbonyl (C=O) groups excluding carboxylic acids is 3. The van der Waals surface area contributed by atoms with Crippen LogP contribution in [0.1, 0.15) is 49.7 Å². The number of nitrogens with zero attached hydrogens (tertiary/aromatic N) is 3. The number of nitrogens with one attached hydrogen (secondary N) is 2. The van der Waals surface area contributed by atoms with Gasteiger partial charge in [-0.3, -0.25) is 14.9 Å². The van der Waals surface area contributed by atoms with Crippen LogP contribution in [0.3, 0.4) is 0 Å². The molecule has 1 saturated heterocycles. The zero-order valence-corrected chi connectivity index (χ0v) is 12.7. The molecule has 0 unspecified atom stereocenters. The number of hydrogen-bond acceptors (Lipinski definition) is 6. The van der Waals surface area contributed by atoms with Gasteiger partial charge in [-0.25, -0.2) is 4.79 Å². The maximum Gasteiger partial charge on any atom is 0.325 e. The number of carbonyl (C=O) groups is 3. The van der Waals surface area contributed by atoms with Gasteiger partial charge in [0.05, 0.1) is 6.54 Å². The lowest BCUT2D eigenvalue weighted by Gasteiger charge is -2.17. The van der Waals surface area contributed by atoms with Crippen LogP contribution in [0.25, 0.3) is 0 Å². The molecule has 1 aliphatic carbocycles. The first-order valence-electron chi connectivity index (χ1n) is 7.80. The van der Waals surface area contributed by atoms with E-state index < -0.39 is 11.9 Å². The largest absolute Gasteiger partial charge is 0.345 e. The van der Waals surface area contributed by atoms with Gasteiger partial charge in [0.1, 0.15) is 13.1 Å². The van der Waals surface area contributed by atoms with Crippen LogP contribution in [0.4, 0.5) is 4.79 Å². The smallest absolute Gasteiger partial charge is 0.325 e. The summed E-state index contributed by atoms with van der Waals surface area (Å²) < 4.78 is 5.15. The predicted molar refractivity (Wildman–Crippen MR) is 77.1 cm³/mol. The summed E-state index contributed by atoms with van der Waals surface area (Å²) in [5.41, 5.74) is 0. The fourth-order valence-electron chi connectivity index (χ4n) is 2.88. The third kappa shape index (κ3) is 3.85. The summed E-state index contributed by atoms with van der Waals surface area (Å²) in [7, 11) is 0. The van der Waals surface area contributed by atoms with Crippen molar-refractivity contribution in [3.8, 4) is 0 Å². The molecule has 4 amide bonds. The van der Waals surface area contributed by atoms with E-state index >= 15 is 0 Å². The van der Waals surface area contributed by atoms with Crippen LogP contribution in [0, 0.1) is 0 Å². The number of imide groups is 1. The SMILES string of the molecule is O=C(CN1CC(=O)NC1=O)NCc1nc(C2CCCCC2)no1. The Hall–Kier alpha value is -2.45. The number of aromatic nitrogens is 2. The Morgan fingerprint density at radius 2 is 2.09 bits per heavy atom. The molecule has 9 nitrogen and oxygen atoms in total. The second-order valence-corrected chi connectivity index (χ2v) is 5.87. The lowest BCUT2D eigenvalue weighted by atomic mass is 9.89. The molecule has 1 aromatic heterocycles. The molecule has 1 aromatic rings. The molecule has 0 spiro atoms. The fourth-order valence-corrected chi connectivity index (χ4v) is 2.88. The lowest BCUT2D eigenvalue weighted by Crippen LogP contribution is -2.38. The van der Waals surface area contributed by atoms with Crippen LogP contribution in [0.5, 0.6) is 0 Å². The van der Waals surface area contributed by atoms with E-state index in [9.17, 15) is 14.4 Å². The number of urea groups is 1. The van der Waals surface area contributed by atoms with E-state index in [1.54, 1.807) is 0 Å². The van der Waals surface area contributed by atoms with E-state index in [-0.39, 0.29) is 25.5 Å². The third-order valence-electron chi connectivity index (χ3n) is 4.09. The first-order valence-corrected chi connectivity index (χ1v) is 7.80. The molecule has 2 fully saturated rings. The quantitative estimate of drug-likeness (QED) is 0.752. The van der Waals surface area contributed by atoms with Gasteiger partial charge >= 0.3 is 6.03 Å². The van der Waals surface area contributed by atoms with Crippen molar-refractivity contribution in [1.82, 2.24) is 25.7 Å². The van der Waals surface area contributed by atoms with Gasteiger partial charge < -0.3 is 14.7 Å². The second-order valence-electron chi connectivity index (χ2n) is 5.87. The highest BCUT2D eigenvalue weighted by Crippen LogP contribution is 2.30. The zero-order valence-electron chi connectivity index (χ0n) is 12.7. The van der Waals surface area contributed by atoms with Crippen molar-refractivity contribution in [3.63, 3.8) is 0 Å². The lowest BCUT2D eigenvalue weighted by molar-refractivity contribution is -0.122. The molecule has 0 atom stereocenters. The predicted octanol–water partition coefficient (Wildman–Crippen LogP) is 0.285. The van der Waals surface area contributed by atoms with Gasteiger partial charge in [0.25, 0.3) is 0 Å². The topological polar surface area (TPSA) is 117 Å². The summed E-state index contributed by atoms with van der Waals surface area (Å²) in [5, 5.41) is 8.71. The van der Waals surface area contributed by atoms with Gasteiger partial charge in [-0.1, -0.05) is 24.4 Å². The Labute approximate surface area is 132 Å². The molecule has 0 bridgehead atoms. The number of amides is 4. The zero-order chi connectivity index (χ0) is 16.2. The van der Waals surface area contributed by atoms with Crippen molar-refractivity contribution < 1.29 is 18.9 Å². The van der Waals surface area contributed by atoms with E-state index in [2.05, 4.69) is 20.8 Å². The van der Waals surface area contributed by atoms with Crippen molar-refractivity contribution in [1.29, 1.82) is 0 Å². The van der Waals surface area contributed by atoms with Crippen LogP contribution < -0.4 is 10.6 Å². The molecule has 124 valence electrons. The van der Waals surface area contributed by atoms with Crippen LogP contribution in [0.2, 0.25) is 0 Å². The summed E-state index contributed by atoms with van der Waals surface area (Å²) in [6.07, 6.45) is 5.76. The van der Waals surface area contributed by atoms with Crippen LogP contribution in [-0.2, 0) is 16.1 Å². The molecule has 9 heteroatoms. The highest BCUT2D eigenvalue weighted by atomic mass is 16.5. The molecular formula is C14H19N5O4. The van der Waals surface area contributed by atoms with E-state index in [1.807, 2.05) is 0 Å². The summed E-state index contributed by atoms with van der Waals surface area (Å²) in [5.74, 6) is 0.611. The molecule has 3 rings (SSSR count). The Morgan fingerprint density at radius 3 is 2.78 bits per heavy atom. The van der Waals surface area contributed by atoms with Crippen LogP contribution >= 0.6 is 0 Å². The average Bonchev–Trinajstić information content (AvgIpc) is 3.13. The standard InChI is InChI=1S/C14H19N5O4/c20-10(7-19-8-11(21)16-14(19)22)15-6-12-17-13(18-23-12)9-4-2-1-3-5-9/h9H,1-8H2,(H,15,20)(H,16,21,22). The van der Waals surface area contributed by atoms with Crippen LogP contribution in [-0.4, -0.2) is 46.0 Å². The van der Waals surface area contributed by atoms with Gasteiger partial charge in [0.15, 0.2) is 5.82 Å². The van der Waals surface area contributed by atoms with Gasteiger partial charge in [-0.15, -0.1) is 0 Å². The Balaban J connectivity index is 1.46. The summed E-state index contributed by atoms with van der Waals surface area (Å²) in [6.45, 7) is -0.165. The van der Waals surface area contributed by atoms with E-state index in [0.717, 1.165) is 17.7 Å². The molecule has 2 heterocycles. The maximum atomic E-state index is 11.8. The second kappa shape index (κ2) is 6.76. The van der Waals surface area contributed by atoms with Crippen LogP contribution in [0.15, 0.2) is 4.52 Å². The molecule has 1 saturated carbocycles. The Kier molecular flexibility index (Phi) is 4.54. The Morgan fingerprint density at radius 1 is 1.30 bits per heavy atom. The van der Waals surface area contributed by atoms with E-state index in [4.69, 9.17) is 4.52 Å². The van der Waals surface area contributed by atoms with Crippen molar-refractivity contribution in [3.05, 3.63) is 11.7 Å². The molecule has 1 aliphatic heterocycles. The third-order valence-corrected chi connectivity index (χ3v) is 4.09. The first-order chi connectivity index (χ1) is 11.1. The molecule has 0 radical (unpaired) electrons. The summed E-state index contributed by atoms with van der Waals surface area (Å²) in [4.78, 5) is 39.6. The van der Waals surface area contributed by atoms with Crippen molar-refractivity contribution in [2.75, 3.05) is 13.1 Å². The molecule has 2 aliphatic rings. The summed E-state index contributed by atoms with van der Waals surface area (Å²) in [6, 6.07) is -0.553. The van der Waals surface area contributed by atoms with Gasteiger partial charge in [0, 0.05) is 5.92 Å².